The Morgan fingerprint density at radius 2 is 1.14 bits per heavy atom. The van der Waals surface area contributed by atoms with Gasteiger partial charge in [-0.1, -0.05) is 59.7 Å². The Labute approximate surface area is 336 Å². The van der Waals surface area contributed by atoms with Crippen molar-refractivity contribution in [1.82, 2.24) is 0 Å². The van der Waals surface area contributed by atoms with Crippen molar-refractivity contribution in [3.05, 3.63) is 101 Å². The van der Waals surface area contributed by atoms with E-state index in [0.717, 1.165) is 91.9 Å². The first kappa shape index (κ1) is 35.9. The quantitative estimate of drug-likeness (QED) is 0.163. The third-order valence-electron chi connectivity index (χ3n) is 12.1. The largest absolute Gasteiger partial charge is 0.490 e. The van der Waals surface area contributed by atoms with E-state index in [1.807, 2.05) is 6.07 Å². The Kier molecular flexibility index (Phi) is 8.03. The van der Waals surface area contributed by atoms with Crippen LogP contribution in [0.3, 0.4) is 0 Å². The molecule has 5 aromatic carbocycles. The Hall–Kier alpha value is -5.50. The minimum absolute atomic E-state index is 0.00924. The maximum atomic E-state index is 7.23. The maximum absolute atomic E-state index is 7.23. The van der Waals surface area contributed by atoms with Gasteiger partial charge in [-0.15, -0.1) is 0 Å². The van der Waals surface area contributed by atoms with Crippen LogP contribution in [0.25, 0.3) is 11.0 Å². The van der Waals surface area contributed by atoms with E-state index in [-0.39, 0.29) is 17.5 Å². The lowest BCUT2D eigenvalue weighted by Gasteiger charge is -2.43. The first-order chi connectivity index (χ1) is 27.3. The summed E-state index contributed by atoms with van der Waals surface area (Å²) in [6.07, 6.45) is 1.67. The second-order valence-electron chi connectivity index (χ2n) is 18.4. The van der Waals surface area contributed by atoms with Crippen molar-refractivity contribution in [3.63, 3.8) is 0 Å². The fraction of sp³-hybridized carbons (Fsp3) is 0.347. The van der Waals surface area contributed by atoms with E-state index in [0.29, 0.717) is 26.4 Å². The lowest BCUT2D eigenvalue weighted by Crippen LogP contribution is -2.61. The number of benzene rings is 5. The molecule has 0 N–H and O–H groups in total. The molecular weight excluding hydrogens is 707 g/mol. The van der Waals surface area contributed by atoms with E-state index in [9.17, 15) is 0 Å². The van der Waals surface area contributed by atoms with Gasteiger partial charge in [-0.3, -0.25) is 0 Å². The molecule has 57 heavy (non-hydrogen) atoms. The molecule has 0 spiro atoms. The smallest absolute Gasteiger partial charge is 0.297 e. The number of aryl methyl sites for hydroxylation is 3. The van der Waals surface area contributed by atoms with Crippen molar-refractivity contribution in [3.8, 4) is 23.0 Å². The molecule has 0 unspecified atom stereocenters. The van der Waals surface area contributed by atoms with Gasteiger partial charge >= 0.3 is 0 Å². The number of furan rings is 1. The van der Waals surface area contributed by atoms with Gasteiger partial charge in [0.15, 0.2) is 23.0 Å². The van der Waals surface area contributed by atoms with Gasteiger partial charge in [0.1, 0.15) is 5.58 Å². The number of rotatable bonds is 2. The molecule has 10 rings (SSSR count). The normalized spacial score (nSPS) is 15.8. The van der Waals surface area contributed by atoms with E-state index >= 15 is 0 Å². The molecular formula is C49H51BN2O5. The first-order valence-electron chi connectivity index (χ1n) is 20.5. The van der Waals surface area contributed by atoms with Crippen LogP contribution in [-0.2, 0) is 10.8 Å². The summed E-state index contributed by atoms with van der Waals surface area (Å²) in [6.45, 7) is 22.7. The third kappa shape index (κ3) is 5.69. The summed E-state index contributed by atoms with van der Waals surface area (Å²) in [5, 5.41) is 1.12. The third-order valence-corrected chi connectivity index (χ3v) is 12.1. The summed E-state index contributed by atoms with van der Waals surface area (Å²) in [6, 6.07) is 26.9. The molecule has 0 bridgehead atoms. The molecule has 8 heteroatoms. The minimum Gasteiger partial charge on any atom is -0.490 e. The number of hydrogen-bond donors (Lipinski definition) is 0. The van der Waals surface area contributed by atoms with E-state index in [4.69, 9.17) is 23.4 Å². The van der Waals surface area contributed by atoms with Crippen LogP contribution in [-0.4, -0.2) is 33.1 Å². The molecule has 0 saturated carbocycles. The van der Waals surface area contributed by atoms with Gasteiger partial charge in [0, 0.05) is 47.4 Å². The zero-order chi connectivity index (χ0) is 39.5. The SMILES string of the molecule is Cc1cc2c3c(c1)N(c1c(C)cc(C(C)(C)C)cc1C)c1c(oc4ccc(C(C)(C)C)cc14)B3c1cc3c(cc1N2c1ccc2c(c1)OCCCO2)OCCCO3. The molecule has 0 amide bonds. The van der Waals surface area contributed by atoms with Crippen molar-refractivity contribution in [2.75, 3.05) is 36.2 Å². The number of hydrogen-bond acceptors (Lipinski definition) is 7. The van der Waals surface area contributed by atoms with Gasteiger partial charge in [0.2, 0.25) is 0 Å². The van der Waals surface area contributed by atoms with Crippen LogP contribution in [0.5, 0.6) is 23.0 Å². The van der Waals surface area contributed by atoms with Crippen LogP contribution >= 0.6 is 0 Å². The van der Waals surface area contributed by atoms with E-state index < -0.39 is 0 Å². The molecule has 290 valence electrons. The molecule has 6 aromatic rings. The van der Waals surface area contributed by atoms with Crippen molar-refractivity contribution < 1.29 is 23.4 Å². The number of anilines is 6. The highest BCUT2D eigenvalue weighted by molar-refractivity contribution is 7.00. The standard InChI is InChI=1S/C49H51BN2O5/c1-28-20-37-44-38(21-28)52(45-29(2)22-32(23-30(45)3)49(7,8)9)46-34-24-31(48(4,5)6)12-14-39(34)57-47(46)50(44)35-26-42-43(56-19-11-18-55-42)27-36(35)51(37)33-13-15-40-41(25-33)54-17-10-16-53-40/h12-15,20-27H,10-11,16-19H2,1-9H3. The van der Waals surface area contributed by atoms with Crippen molar-refractivity contribution in [2.24, 2.45) is 0 Å². The Balaban J connectivity index is 1.32. The highest BCUT2D eigenvalue weighted by atomic mass is 16.5. The lowest BCUT2D eigenvalue weighted by molar-refractivity contribution is 0.296. The Morgan fingerprint density at radius 1 is 0.544 bits per heavy atom. The van der Waals surface area contributed by atoms with Gasteiger partial charge in [0.25, 0.3) is 6.71 Å². The van der Waals surface area contributed by atoms with Crippen LogP contribution in [0.1, 0.15) is 82.2 Å². The number of fused-ring (bicyclic) bond motifs is 8. The van der Waals surface area contributed by atoms with Crippen LogP contribution in [0.4, 0.5) is 34.1 Å². The van der Waals surface area contributed by atoms with Gasteiger partial charge in [-0.2, -0.15) is 0 Å². The molecule has 5 heterocycles. The molecule has 4 aliphatic rings. The van der Waals surface area contributed by atoms with E-state index in [1.54, 1.807) is 0 Å². The summed E-state index contributed by atoms with van der Waals surface area (Å²) in [7, 11) is 0. The Bertz CT molecular complexity index is 2610. The fourth-order valence-electron chi connectivity index (χ4n) is 9.28. The molecule has 4 aliphatic heterocycles. The Morgan fingerprint density at radius 3 is 1.79 bits per heavy atom. The average molecular weight is 759 g/mol. The van der Waals surface area contributed by atoms with E-state index in [1.165, 1.54) is 33.4 Å². The highest BCUT2D eigenvalue weighted by Gasteiger charge is 2.48. The van der Waals surface area contributed by atoms with E-state index in [2.05, 4.69) is 139 Å². The first-order valence-corrected chi connectivity index (χ1v) is 20.5. The van der Waals surface area contributed by atoms with Crippen LogP contribution < -0.4 is 45.3 Å². The summed E-state index contributed by atoms with van der Waals surface area (Å²) in [5.41, 5.74) is 16.8. The zero-order valence-electron chi connectivity index (χ0n) is 34.7. The highest BCUT2D eigenvalue weighted by Crippen LogP contribution is 2.51. The van der Waals surface area contributed by atoms with Gasteiger partial charge in [0.05, 0.1) is 49.1 Å². The molecule has 0 aliphatic carbocycles. The van der Waals surface area contributed by atoms with Crippen molar-refractivity contribution in [2.45, 2.75) is 86.0 Å². The average Bonchev–Trinajstić information content (AvgIpc) is 3.27. The molecule has 0 radical (unpaired) electrons. The lowest BCUT2D eigenvalue weighted by atomic mass is 9.35. The zero-order valence-corrected chi connectivity index (χ0v) is 34.7. The summed E-state index contributed by atoms with van der Waals surface area (Å²) >= 11 is 0. The van der Waals surface area contributed by atoms with Gasteiger partial charge in [-0.25, -0.2) is 0 Å². The van der Waals surface area contributed by atoms with Crippen molar-refractivity contribution in [1.29, 1.82) is 0 Å². The minimum atomic E-state index is -0.217. The summed E-state index contributed by atoms with van der Waals surface area (Å²) in [4.78, 5) is 4.90. The summed E-state index contributed by atoms with van der Waals surface area (Å²) in [5.74, 6) is 3.05. The second-order valence-corrected chi connectivity index (χ2v) is 18.4. The van der Waals surface area contributed by atoms with Gasteiger partial charge in [-0.05, 0) is 113 Å². The van der Waals surface area contributed by atoms with Gasteiger partial charge < -0.3 is 33.2 Å². The molecule has 7 nitrogen and oxygen atoms in total. The predicted octanol–water partition coefficient (Wildman–Crippen LogP) is 10.4. The van der Waals surface area contributed by atoms with Crippen LogP contribution in [0.15, 0.2) is 77.2 Å². The van der Waals surface area contributed by atoms with Crippen LogP contribution in [0, 0.1) is 20.8 Å². The maximum Gasteiger partial charge on any atom is 0.297 e. The molecule has 0 saturated heterocycles. The molecule has 0 atom stereocenters. The number of ether oxygens (including phenoxy) is 4. The molecule has 0 fully saturated rings. The topological polar surface area (TPSA) is 56.5 Å². The second kappa shape index (κ2) is 12.8. The van der Waals surface area contributed by atoms with Crippen LogP contribution in [0.2, 0.25) is 0 Å². The fourth-order valence-corrected chi connectivity index (χ4v) is 9.28. The van der Waals surface area contributed by atoms with Crippen molar-refractivity contribution >= 4 is 68.4 Å². The number of nitrogens with zero attached hydrogens (tertiary/aromatic N) is 2. The molecule has 1 aromatic heterocycles. The summed E-state index contributed by atoms with van der Waals surface area (Å²) < 4.78 is 32.5. The predicted molar refractivity (Wildman–Crippen MR) is 233 cm³/mol. The monoisotopic (exact) mass is 758 g/mol.